The number of rotatable bonds is 6. The summed E-state index contributed by atoms with van der Waals surface area (Å²) in [5.74, 6) is -1.13. The molecule has 0 saturated carbocycles. The van der Waals surface area contributed by atoms with E-state index in [1.54, 1.807) is 31.7 Å². The molecule has 4 aliphatic rings. The Labute approximate surface area is 349 Å². The van der Waals surface area contributed by atoms with Gasteiger partial charge in [0.15, 0.2) is 5.82 Å². The number of carbonyl (C=O) groups excluding carboxylic acids is 2. The number of nitrogens with zero attached hydrogens (tertiary/aromatic N) is 6. The van der Waals surface area contributed by atoms with Crippen molar-refractivity contribution >= 4 is 66.9 Å². The maximum atomic E-state index is 17.5. The zero-order valence-corrected chi connectivity index (χ0v) is 35.5. The second kappa shape index (κ2) is 14.8. The summed E-state index contributed by atoms with van der Waals surface area (Å²) < 4.78 is 65.0. The Bertz CT molecular complexity index is 2410. The van der Waals surface area contributed by atoms with Crippen molar-refractivity contribution in [3.8, 4) is 23.2 Å². The Morgan fingerprint density at radius 3 is 2.49 bits per heavy atom. The molecule has 1 N–H and O–H groups in total. The lowest BCUT2D eigenvalue weighted by molar-refractivity contribution is -0.0390. The van der Waals surface area contributed by atoms with Gasteiger partial charge in [-0.05, 0) is 91.5 Å². The molecule has 0 unspecified atom stereocenters. The molecular weight excluding hydrogens is 807 g/mol. The number of anilines is 2. The Morgan fingerprint density at radius 2 is 1.78 bits per heavy atom. The molecule has 6 heterocycles. The van der Waals surface area contributed by atoms with Gasteiger partial charge >= 0.3 is 18.2 Å². The van der Waals surface area contributed by atoms with E-state index in [1.165, 1.54) is 6.07 Å². The molecule has 0 radical (unpaired) electrons. The fraction of sp³-hybridized carbons (Fsp3) is 0.548. The molecule has 17 heteroatoms. The minimum atomic E-state index is -0.982. The number of piperidine rings is 1. The van der Waals surface area contributed by atoms with Crippen LogP contribution >= 0.6 is 22.9 Å². The number of thiophene rings is 1. The predicted octanol–water partition coefficient (Wildman–Crippen LogP) is 9.45. The van der Waals surface area contributed by atoms with E-state index < -0.39 is 40.6 Å². The quantitative estimate of drug-likeness (QED) is 0.200. The summed E-state index contributed by atoms with van der Waals surface area (Å²) in [6.07, 6.45) is 1.41. The van der Waals surface area contributed by atoms with Crippen molar-refractivity contribution in [1.29, 1.82) is 5.26 Å². The zero-order valence-electron chi connectivity index (χ0n) is 33.9. The highest BCUT2D eigenvalue weighted by Gasteiger charge is 2.51. The maximum absolute atomic E-state index is 17.5. The van der Waals surface area contributed by atoms with Crippen LogP contribution in [0.4, 0.5) is 33.6 Å². The average Bonchev–Trinajstić information content (AvgIpc) is 3.79. The number of alkyl halides is 1. The number of nitrogens with one attached hydrogen (secondary N) is 1. The van der Waals surface area contributed by atoms with Crippen molar-refractivity contribution in [2.75, 3.05) is 56.1 Å². The average molecular weight is 854 g/mol. The van der Waals surface area contributed by atoms with E-state index in [0.29, 0.717) is 50.3 Å². The number of ether oxygens (including phenoxy) is 3. The first-order valence-corrected chi connectivity index (χ1v) is 21.1. The lowest BCUT2D eigenvalue weighted by Gasteiger charge is -2.54. The van der Waals surface area contributed by atoms with E-state index >= 15 is 8.78 Å². The van der Waals surface area contributed by atoms with Gasteiger partial charge < -0.3 is 24.0 Å². The van der Waals surface area contributed by atoms with Crippen molar-refractivity contribution < 1.29 is 37.0 Å². The summed E-state index contributed by atoms with van der Waals surface area (Å²) in [7, 11) is 0. The summed E-state index contributed by atoms with van der Waals surface area (Å²) in [4.78, 5) is 41.0. The Balaban J connectivity index is 1.21. The number of fused-ring (bicyclic) bond motifs is 3. The molecule has 4 aromatic rings. The molecule has 4 aliphatic heterocycles. The molecule has 4 saturated heterocycles. The third-order valence-corrected chi connectivity index (χ3v) is 12.9. The number of aromatic nitrogens is 2. The highest BCUT2D eigenvalue weighted by molar-refractivity contribution is 7.23. The first kappa shape index (κ1) is 41.2. The lowest BCUT2D eigenvalue weighted by atomic mass is 9.73. The van der Waals surface area contributed by atoms with E-state index in [0.717, 1.165) is 49.6 Å². The zero-order chi connectivity index (χ0) is 42.2. The topological polar surface area (TPSA) is 133 Å². The Hall–Kier alpha value is -4.59. The molecule has 59 heavy (non-hydrogen) atoms. The van der Waals surface area contributed by atoms with Crippen LogP contribution in [-0.4, -0.2) is 101 Å². The SMILES string of the molecule is CC(C)(C)OC(=O)Nc1sc2c(F)ccc(-c3c(Cl)cc4c(N5CCCC6(CN(C(=O)OC(C)(C)C)C6)C5)nc(OC[C@@]56CCCN5C[C@H](F)C6)nc4c3F)c2c1C#N. The van der Waals surface area contributed by atoms with E-state index in [1.807, 2.05) is 25.7 Å². The molecule has 0 aliphatic carbocycles. The number of amides is 2. The molecular formula is C42H47ClF3N7O5S. The van der Waals surface area contributed by atoms with Gasteiger partial charge in [0.05, 0.1) is 20.8 Å². The summed E-state index contributed by atoms with van der Waals surface area (Å²) in [5, 5.41) is 13.3. The Kier molecular flexibility index (Phi) is 10.4. The molecule has 4 fully saturated rings. The van der Waals surface area contributed by atoms with Crippen molar-refractivity contribution in [3.63, 3.8) is 0 Å². The predicted molar refractivity (Wildman–Crippen MR) is 220 cm³/mol. The van der Waals surface area contributed by atoms with Crippen LogP contribution in [0.1, 0.15) is 79.2 Å². The highest BCUT2D eigenvalue weighted by atomic mass is 35.5. The van der Waals surface area contributed by atoms with E-state index in [4.69, 9.17) is 30.8 Å². The van der Waals surface area contributed by atoms with Crippen molar-refractivity contribution in [2.45, 2.75) is 96.6 Å². The molecule has 2 amide bonds. The van der Waals surface area contributed by atoms with Crippen LogP contribution < -0.4 is 15.0 Å². The number of hydrogen-bond donors (Lipinski definition) is 1. The van der Waals surface area contributed by atoms with E-state index in [-0.39, 0.29) is 66.4 Å². The number of hydrogen-bond acceptors (Lipinski definition) is 11. The molecule has 12 nitrogen and oxygen atoms in total. The third kappa shape index (κ3) is 7.81. The van der Waals surface area contributed by atoms with Gasteiger partial charge in [-0.1, -0.05) is 17.7 Å². The minimum absolute atomic E-state index is 0.00992. The number of benzene rings is 2. The van der Waals surface area contributed by atoms with Crippen LogP contribution in [0.2, 0.25) is 5.02 Å². The largest absolute Gasteiger partial charge is 0.461 e. The second-order valence-corrected chi connectivity index (χ2v) is 19.8. The highest BCUT2D eigenvalue weighted by Crippen LogP contribution is 2.48. The minimum Gasteiger partial charge on any atom is -0.461 e. The van der Waals surface area contributed by atoms with Crippen LogP contribution in [0.5, 0.6) is 6.01 Å². The van der Waals surface area contributed by atoms with Gasteiger partial charge in [0.25, 0.3) is 0 Å². The smallest absolute Gasteiger partial charge is 0.412 e. The number of nitriles is 1. The standard InChI is InChI=1S/C42H47ClF3N7O5S/c1-39(2,3)57-37(54)50-35-26(17-47)29-24(9-10-28(45)33(29)59-35)30-27(43)15-25-32(31(30)46)48-36(56-22-42-12-8-14-53(42)18-23(44)16-42)49-34(25)51-13-7-11-41(19-51)20-52(21-41)38(55)58-40(4,5)6/h9-10,15,23H,7-8,11-14,16,18-22H2,1-6H3,(H,50,54)/t23-,42+/m1/s1. The molecule has 2 aromatic carbocycles. The fourth-order valence-electron chi connectivity index (χ4n) is 9.20. The van der Waals surface area contributed by atoms with Gasteiger partial charge in [-0.3, -0.25) is 10.2 Å². The summed E-state index contributed by atoms with van der Waals surface area (Å²) in [6, 6.07) is 6.04. The van der Waals surface area contributed by atoms with Crippen molar-refractivity contribution in [1.82, 2.24) is 19.8 Å². The van der Waals surface area contributed by atoms with Crippen molar-refractivity contribution in [3.05, 3.63) is 40.4 Å². The van der Waals surface area contributed by atoms with Crippen LogP contribution in [0, 0.1) is 28.4 Å². The molecule has 0 bridgehead atoms. The summed E-state index contributed by atoms with van der Waals surface area (Å²) in [5.41, 5.74) is -2.46. The monoisotopic (exact) mass is 853 g/mol. The molecule has 1 spiro atoms. The van der Waals surface area contributed by atoms with E-state index in [2.05, 4.69) is 21.3 Å². The molecule has 314 valence electrons. The van der Waals surface area contributed by atoms with E-state index in [9.17, 15) is 19.2 Å². The number of carbonyl (C=O) groups is 2. The normalized spacial score (nSPS) is 21.7. The third-order valence-electron chi connectivity index (χ3n) is 11.5. The van der Waals surface area contributed by atoms with Gasteiger partial charge in [0.1, 0.15) is 52.2 Å². The van der Waals surface area contributed by atoms with Crippen LogP contribution in [0.15, 0.2) is 18.2 Å². The number of likely N-dealkylation sites (tertiary alicyclic amines) is 1. The molecule has 2 atom stereocenters. The molecule has 8 rings (SSSR count). The Morgan fingerprint density at radius 1 is 1.05 bits per heavy atom. The van der Waals surface area contributed by atoms with Gasteiger partial charge in [-0.25, -0.2) is 22.8 Å². The maximum Gasteiger partial charge on any atom is 0.412 e. The summed E-state index contributed by atoms with van der Waals surface area (Å²) in [6.45, 7) is 13.8. The summed E-state index contributed by atoms with van der Waals surface area (Å²) >= 11 is 7.83. The fourth-order valence-corrected chi connectivity index (χ4v) is 10.6. The van der Waals surface area contributed by atoms with Crippen LogP contribution in [0.25, 0.3) is 32.1 Å². The van der Waals surface area contributed by atoms with Gasteiger partial charge in [0, 0.05) is 60.9 Å². The van der Waals surface area contributed by atoms with Crippen LogP contribution in [-0.2, 0) is 9.47 Å². The lowest BCUT2D eigenvalue weighted by Crippen LogP contribution is -2.64. The first-order chi connectivity index (χ1) is 27.8. The van der Waals surface area contributed by atoms with Crippen LogP contribution in [0.3, 0.4) is 0 Å². The number of halogens is 4. The van der Waals surface area contributed by atoms with Gasteiger partial charge in [-0.15, -0.1) is 11.3 Å². The van der Waals surface area contributed by atoms with Gasteiger partial charge in [0.2, 0.25) is 0 Å². The molecule has 2 aromatic heterocycles. The van der Waals surface area contributed by atoms with Gasteiger partial charge in [-0.2, -0.15) is 15.2 Å². The first-order valence-electron chi connectivity index (χ1n) is 19.9. The van der Waals surface area contributed by atoms with Crippen molar-refractivity contribution in [2.24, 2.45) is 5.41 Å². The second-order valence-electron chi connectivity index (χ2n) is 18.3.